The molecular weight excluding hydrogens is 440 g/mol. The van der Waals surface area contributed by atoms with Gasteiger partial charge in [-0.3, -0.25) is 4.79 Å². The number of fused-ring (bicyclic) bond motifs is 3. The quantitative estimate of drug-likeness (QED) is 0.749. The minimum Gasteiger partial charge on any atom is -0.378 e. The number of anilines is 1. The molecule has 1 N–H and O–H groups in total. The molecular formula is C21H21BrN2O3S. The molecule has 0 amide bonds. The fraction of sp³-hybridized carbons (Fsp3) is 0.381. The molecule has 28 heavy (non-hydrogen) atoms. The maximum atomic E-state index is 12.8. The molecule has 0 radical (unpaired) electrons. The normalized spacial score (nSPS) is 26.9. The number of carbonyl (C=O) groups is 1. The van der Waals surface area contributed by atoms with Crippen molar-refractivity contribution in [3.8, 4) is 0 Å². The summed E-state index contributed by atoms with van der Waals surface area (Å²) in [5, 5.41) is 3.58. The van der Waals surface area contributed by atoms with Crippen LogP contribution in [0.15, 0.2) is 51.8 Å². The van der Waals surface area contributed by atoms with E-state index < -0.39 is 10.0 Å². The predicted molar refractivity (Wildman–Crippen MR) is 111 cm³/mol. The highest BCUT2D eigenvalue weighted by molar-refractivity contribution is 9.10. The van der Waals surface area contributed by atoms with Gasteiger partial charge in [0, 0.05) is 35.6 Å². The number of nitrogens with one attached hydrogen (secondary N) is 1. The highest BCUT2D eigenvalue weighted by Gasteiger charge is 2.45. The number of halogens is 1. The van der Waals surface area contributed by atoms with Crippen molar-refractivity contribution >= 4 is 37.4 Å². The molecule has 7 heteroatoms. The lowest BCUT2D eigenvalue weighted by molar-refractivity contribution is -0.119. The summed E-state index contributed by atoms with van der Waals surface area (Å²) >= 11 is 3.47. The van der Waals surface area contributed by atoms with Gasteiger partial charge in [0.15, 0.2) is 0 Å². The van der Waals surface area contributed by atoms with E-state index in [1.54, 1.807) is 12.1 Å². The number of hydrogen-bond donors (Lipinski definition) is 1. The Labute approximate surface area is 173 Å². The highest BCUT2D eigenvalue weighted by atomic mass is 79.9. The number of hydrogen-bond acceptors (Lipinski definition) is 4. The van der Waals surface area contributed by atoms with Gasteiger partial charge in [-0.05, 0) is 60.2 Å². The van der Waals surface area contributed by atoms with Crippen molar-refractivity contribution in [2.75, 3.05) is 18.4 Å². The molecule has 5 nitrogen and oxygen atoms in total. The van der Waals surface area contributed by atoms with Gasteiger partial charge in [-0.1, -0.05) is 28.1 Å². The second-order valence-corrected chi connectivity index (χ2v) is 10.7. The Morgan fingerprint density at radius 2 is 1.82 bits per heavy atom. The zero-order chi connectivity index (χ0) is 19.5. The lowest BCUT2D eigenvalue weighted by Gasteiger charge is -2.37. The van der Waals surface area contributed by atoms with Crippen LogP contribution in [0.2, 0.25) is 0 Å². The number of benzene rings is 2. The van der Waals surface area contributed by atoms with Crippen molar-refractivity contribution in [3.63, 3.8) is 0 Å². The Morgan fingerprint density at radius 1 is 1.07 bits per heavy atom. The predicted octanol–water partition coefficient (Wildman–Crippen LogP) is 4.07. The van der Waals surface area contributed by atoms with E-state index in [4.69, 9.17) is 0 Å². The van der Waals surface area contributed by atoms with Crippen LogP contribution in [-0.4, -0.2) is 31.6 Å². The zero-order valence-corrected chi connectivity index (χ0v) is 17.7. The summed E-state index contributed by atoms with van der Waals surface area (Å²) in [6.45, 7) is 1.16. The third kappa shape index (κ3) is 2.83. The summed E-state index contributed by atoms with van der Waals surface area (Å²) in [6, 6.07) is 13.5. The van der Waals surface area contributed by atoms with Crippen LogP contribution in [0, 0.1) is 5.92 Å². The van der Waals surface area contributed by atoms with Gasteiger partial charge in [0.25, 0.3) is 0 Å². The van der Waals surface area contributed by atoms with Gasteiger partial charge in [-0.15, -0.1) is 0 Å². The first-order valence-corrected chi connectivity index (χ1v) is 11.9. The van der Waals surface area contributed by atoms with Crippen LogP contribution < -0.4 is 5.32 Å². The first-order chi connectivity index (χ1) is 13.4. The number of carbonyl (C=O) groups excluding carboxylic acids is 1. The maximum absolute atomic E-state index is 12.8. The van der Waals surface area contributed by atoms with Crippen LogP contribution in [0.1, 0.15) is 42.3 Å². The molecule has 0 bridgehead atoms. The summed E-state index contributed by atoms with van der Waals surface area (Å²) in [5.41, 5.74) is 2.85. The second-order valence-electron chi connectivity index (χ2n) is 7.83. The first-order valence-electron chi connectivity index (χ1n) is 9.64. The van der Waals surface area contributed by atoms with Gasteiger partial charge in [0.2, 0.25) is 10.0 Å². The van der Waals surface area contributed by atoms with E-state index in [9.17, 15) is 13.2 Å². The van der Waals surface area contributed by atoms with E-state index >= 15 is 0 Å². The zero-order valence-electron chi connectivity index (χ0n) is 15.3. The largest absolute Gasteiger partial charge is 0.378 e. The molecule has 2 fully saturated rings. The molecule has 2 aromatic rings. The third-order valence-corrected chi connectivity index (χ3v) is 8.70. The summed E-state index contributed by atoms with van der Waals surface area (Å²) in [5.74, 6) is 0.118. The summed E-state index contributed by atoms with van der Waals surface area (Å²) in [6.07, 6.45) is 2.27. The number of ketones is 1. The van der Waals surface area contributed by atoms with E-state index in [0.29, 0.717) is 24.4 Å². The lowest BCUT2D eigenvalue weighted by atomic mass is 9.77. The second kappa shape index (κ2) is 6.68. The third-order valence-electron chi connectivity index (χ3n) is 6.28. The van der Waals surface area contributed by atoms with E-state index in [0.717, 1.165) is 34.1 Å². The van der Waals surface area contributed by atoms with Gasteiger partial charge >= 0.3 is 0 Å². The Morgan fingerprint density at radius 3 is 2.50 bits per heavy atom. The lowest BCUT2D eigenvalue weighted by Crippen LogP contribution is -2.42. The molecule has 3 aliphatic rings. The van der Waals surface area contributed by atoms with E-state index in [1.807, 2.05) is 18.2 Å². The Balaban J connectivity index is 1.57. The molecule has 1 saturated heterocycles. The van der Waals surface area contributed by atoms with Crippen molar-refractivity contribution in [2.24, 2.45) is 5.92 Å². The summed E-state index contributed by atoms with van der Waals surface area (Å²) in [4.78, 5) is 13.1. The molecule has 2 aromatic carbocycles. The number of rotatable bonds is 3. The Kier molecular flexibility index (Phi) is 4.37. The molecule has 2 aliphatic heterocycles. The van der Waals surface area contributed by atoms with Gasteiger partial charge in [-0.25, -0.2) is 8.42 Å². The minimum absolute atomic E-state index is 0.0508. The van der Waals surface area contributed by atoms with Crippen LogP contribution >= 0.6 is 15.9 Å². The van der Waals surface area contributed by atoms with Gasteiger partial charge in [-0.2, -0.15) is 4.31 Å². The van der Waals surface area contributed by atoms with E-state index in [2.05, 4.69) is 33.4 Å². The van der Waals surface area contributed by atoms with Gasteiger partial charge in [0.05, 0.1) is 10.9 Å². The van der Waals surface area contributed by atoms with Crippen LogP contribution in [0.4, 0.5) is 5.69 Å². The molecule has 1 saturated carbocycles. The monoisotopic (exact) mass is 460 g/mol. The molecule has 0 spiro atoms. The SMILES string of the molecule is O=C1CCC2C(c3ccc(Br)cc3)Nc3ccc(S(=O)(=O)N4CCC4)cc3C12. The average molecular weight is 461 g/mol. The molecule has 1 aliphatic carbocycles. The van der Waals surface area contributed by atoms with E-state index in [-0.39, 0.29) is 23.7 Å². The van der Waals surface area contributed by atoms with Crippen LogP contribution in [0.3, 0.4) is 0 Å². The molecule has 5 rings (SSSR count). The molecule has 3 atom stereocenters. The molecule has 3 unspecified atom stereocenters. The summed E-state index contributed by atoms with van der Waals surface area (Å²) in [7, 11) is -3.46. The van der Waals surface area contributed by atoms with Crippen molar-refractivity contribution in [3.05, 3.63) is 58.1 Å². The number of nitrogens with zero attached hydrogens (tertiary/aromatic N) is 1. The molecule has 2 heterocycles. The van der Waals surface area contributed by atoms with Crippen molar-refractivity contribution in [1.82, 2.24) is 4.31 Å². The number of Topliss-reactive ketones (excluding diaryl/α,β-unsaturated/α-hetero) is 1. The van der Waals surface area contributed by atoms with Crippen molar-refractivity contribution < 1.29 is 13.2 Å². The van der Waals surface area contributed by atoms with Crippen molar-refractivity contribution in [1.29, 1.82) is 0 Å². The topological polar surface area (TPSA) is 66.5 Å². The van der Waals surface area contributed by atoms with Crippen LogP contribution in [-0.2, 0) is 14.8 Å². The van der Waals surface area contributed by atoms with Gasteiger partial charge < -0.3 is 5.32 Å². The van der Waals surface area contributed by atoms with Crippen LogP contribution in [0.25, 0.3) is 0 Å². The first kappa shape index (κ1) is 18.3. The smallest absolute Gasteiger partial charge is 0.243 e. The Bertz CT molecular complexity index is 1050. The van der Waals surface area contributed by atoms with Gasteiger partial charge in [0.1, 0.15) is 5.78 Å². The number of sulfonamides is 1. The maximum Gasteiger partial charge on any atom is 0.243 e. The average Bonchev–Trinajstić information content (AvgIpc) is 3.02. The van der Waals surface area contributed by atoms with E-state index in [1.165, 1.54) is 4.31 Å². The highest BCUT2D eigenvalue weighted by Crippen LogP contribution is 2.51. The fourth-order valence-electron chi connectivity index (χ4n) is 4.67. The molecule has 0 aromatic heterocycles. The van der Waals surface area contributed by atoms with Crippen molar-refractivity contribution in [2.45, 2.75) is 36.1 Å². The standard InChI is InChI=1S/C21H21BrN2O3S/c22-14-4-2-13(3-5-14)21-16-7-9-19(25)20(16)17-12-15(6-8-18(17)23-21)28(26,27)24-10-1-11-24/h2-6,8,12,16,20-21,23H,1,7,9-11H2. The minimum atomic E-state index is -3.46. The summed E-state index contributed by atoms with van der Waals surface area (Å²) < 4.78 is 28.1. The fourth-order valence-corrected chi connectivity index (χ4v) is 6.49. The molecule has 146 valence electrons. The Hall–Kier alpha value is -1.70. The van der Waals surface area contributed by atoms with Crippen LogP contribution in [0.5, 0.6) is 0 Å².